The molecule has 0 aliphatic heterocycles. The second-order valence-electron chi connectivity index (χ2n) is 3.75. The average Bonchev–Trinajstić information content (AvgIpc) is 2.25. The molecule has 1 aromatic rings. The molecular formula is C12H11F5O2. The molecule has 0 unspecified atom stereocenters. The van der Waals surface area contributed by atoms with Gasteiger partial charge in [0.2, 0.25) is 0 Å². The van der Waals surface area contributed by atoms with Crippen LogP contribution in [0, 0.1) is 0 Å². The SMILES string of the molecule is CCc1c(C(C)=O)ccc(OC(F)F)c1C(F)(F)F. The number of alkyl halides is 5. The van der Waals surface area contributed by atoms with Crippen molar-refractivity contribution in [1.82, 2.24) is 0 Å². The summed E-state index contributed by atoms with van der Waals surface area (Å²) in [5.41, 5.74) is -1.79. The van der Waals surface area contributed by atoms with Crippen LogP contribution < -0.4 is 4.74 Å². The first-order chi connectivity index (χ1) is 8.68. The van der Waals surface area contributed by atoms with E-state index in [1.165, 1.54) is 6.92 Å². The topological polar surface area (TPSA) is 26.3 Å². The van der Waals surface area contributed by atoms with Crippen LogP contribution in [0.3, 0.4) is 0 Å². The molecule has 0 amide bonds. The first-order valence-corrected chi connectivity index (χ1v) is 5.37. The Bertz CT molecular complexity index is 480. The third-order valence-electron chi connectivity index (χ3n) is 2.51. The van der Waals surface area contributed by atoms with Crippen molar-refractivity contribution in [3.05, 3.63) is 28.8 Å². The average molecular weight is 282 g/mol. The van der Waals surface area contributed by atoms with E-state index in [4.69, 9.17) is 0 Å². The van der Waals surface area contributed by atoms with Crippen LogP contribution in [-0.4, -0.2) is 12.4 Å². The summed E-state index contributed by atoms with van der Waals surface area (Å²) >= 11 is 0. The quantitative estimate of drug-likeness (QED) is 0.614. The summed E-state index contributed by atoms with van der Waals surface area (Å²) in [7, 11) is 0. The third-order valence-corrected chi connectivity index (χ3v) is 2.51. The van der Waals surface area contributed by atoms with Gasteiger partial charge in [0.1, 0.15) is 11.3 Å². The highest BCUT2D eigenvalue weighted by Crippen LogP contribution is 2.41. The van der Waals surface area contributed by atoms with Gasteiger partial charge in [-0.2, -0.15) is 22.0 Å². The summed E-state index contributed by atoms with van der Waals surface area (Å²) in [4.78, 5) is 11.3. The van der Waals surface area contributed by atoms with Crippen LogP contribution in [-0.2, 0) is 12.6 Å². The van der Waals surface area contributed by atoms with Gasteiger partial charge in [-0.1, -0.05) is 6.92 Å². The van der Waals surface area contributed by atoms with E-state index < -0.39 is 29.9 Å². The Morgan fingerprint density at radius 3 is 2.26 bits per heavy atom. The van der Waals surface area contributed by atoms with Crippen molar-refractivity contribution in [3.63, 3.8) is 0 Å². The van der Waals surface area contributed by atoms with Crippen molar-refractivity contribution < 1.29 is 31.5 Å². The predicted octanol–water partition coefficient (Wildman–Crippen LogP) is 4.07. The zero-order valence-electron chi connectivity index (χ0n) is 10.1. The number of benzene rings is 1. The Balaban J connectivity index is 3.56. The highest BCUT2D eigenvalue weighted by Gasteiger charge is 2.38. The van der Waals surface area contributed by atoms with Crippen molar-refractivity contribution in [2.24, 2.45) is 0 Å². The molecule has 0 aliphatic rings. The Labute approximate surface area is 106 Å². The predicted molar refractivity (Wildman–Crippen MR) is 57.5 cm³/mol. The van der Waals surface area contributed by atoms with Crippen LogP contribution in [0.1, 0.15) is 35.3 Å². The summed E-state index contributed by atoms with van der Waals surface area (Å²) in [6, 6.07) is 1.80. The number of Topliss-reactive ketones (excluding diaryl/α,β-unsaturated/α-hetero) is 1. The van der Waals surface area contributed by atoms with E-state index in [1.54, 1.807) is 0 Å². The van der Waals surface area contributed by atoms with Crippen LogP contribution in [0.15, 0.2) is 12.1 Å². The van der Waals surface area contributed by atoms with Crippen LogP contribution >= 0.6 is 0 Å². The molecule has 19 heavy (non-hydrogen) atoms. The third kappa shape index (κ3) is 3.42. The van der Waals surface area contributed by atoms with Crippen molar-refractivity contribution in [1.29, 1.82) is 0 Å². The second-order valence-corrected chi connectivity index (χ2v) is 3.75. The molecule has 1 aromatic carbocycles. The molecule has 0 spiro atoms. The molecule has 0 saturated heterocycles. The lowest BCUT2D eigenvalue weighted by Crippen LogP contribution is -2.16. The van der Waals surface area contributed by atoms with E-state index >= 15 is 0 Å². The number of rotatable bonds is 4. The molecule has 0 radical (unpaired) electrons. The van der Waals surface area contributed by atoms with Gasteiger partial charge in [-0.3, -0.25) is 4.79 Å². The minimum atomic E-state index is -4.87. The Morgan fingerprint density at radius 1 is 1.32 bits per heavy atom. The van der Waals surface area contributed by atoms with Crippen molar-refractivity contribution in [3.8, 4) is 5.75 Å². The summed E-state index contributed by atoms with van der Waals surface area (Å²) in [6.45, 7) is -0.847. The lowest BCUT2D eigenvalue weighted by molar-refractivity contribution is -0.142. The Morgan fingerprint density at radius 2 is 1.89 bits per heavy atom. The number of hydrogen-bond acceptors (Lipinski definition) is 2. The molecular weight excluding hydrogens is 271 g/mol. The van der Waals surface area contributed by atoms with Crippen LogP contribution in [0.4, 0.5) is 22.0 Å². The molecule has 106 valence electrons. The molecule has 2 nitrogen and oxygen atoms in total. The van der Waals surface area contributed by atoms with Gasteiger partial charge in [0.15, 0.2) is 5.78 Å². The van der Waals surface area contributed by atoms with E-state index in [0.29, 0.717) is 0 Å². The maximum Gasteiger partial charge on any atom is 0.420 e. The zero-order valence-corrected chi connectivity index (χ0v) is 10.1. The number of hydrogen-bond donors (Lipinski definition) is 0. The van der Waals surface area contributed by atoms with Crippen LogP contribution in [0.25, 0.3) is 0 Å². The Hall–Kier alpha value is -1.66. The number of carbonyl (C=O) groups excluding carboxylic acids is 1. The van der Waals surface area contributed by atoms with Crippen molar-refractivity contribution >= 4 is 5.78 Å². The lowest BCUT2D eigenvalue weighted by Gasteiger charge is -2.19. The van der Waals surface area contributed by atoms with E-state index in [-0.39, 0.29) is 17.5 Å². The second kappa shape index (κ2) is 5.54. The summed E-state index contributed by atoms with van der Waals surface area (Å²) < 4.78 is 67.0. The summed E-state index contributed by atoms with van der Waals surface area (Å²) in [6.07, 6.45) is -4.99. The van der Waals surface area contributed by atoms with Gasteiger partial charge in [0, 0.05) is 5.56 Å². The minimum absolute atomic E-state index is 0.121. The molecule has 0 heterocycles. The molecule has 0 N–H and O–H groups in total. The van der Waals surface area contributed by atoms with Crippen molar-refractivity contribution in [2.75, 3.05) is 0 Å². The molecule has 0 aliphatic carbocycles. The maximum atomic E-state index is 13.0. The highest BCUT2D eigenvalue weighted by molar-refractivity contribution is 5.96. The van der Waals surface area contributed by atoms with Gasteiger partial charge < -0.3 is 4.74 Å². The van der Waals surface area contributed by atoms with Gasteiger partial charge in [0.25, 0.3) is 0 Å². The molecule has 1 rings (SSSR count). The van der Waals surface area contributed by atoms with E-state index in [1.807, 2.05) is 0 Å². The fraction of sp³-hybridized carbons (Fsp3) is 0.417. The van der Waals surface area contributed by atoms with Gasteiger partial charge in [-0.15, -0.1) is 0 Å². The van der Waals surface area contributed by atoms with E-state index in [0.717, 1.165) is 19.1 Å². The number of carbonyl (C=O) groups is 1. The molecule has 0 bridgehead atoms. The lowest BCUT2D eigenvalue weighted by atomic mass is 9.95. The largest absolute Gasteiger partial charge is 0.434 e. The molecule has 0 aromatic heterocycles. The van der Waals surface area contributed by atoms with Crippen LogP contribution in [0.2, 0.25) is 0 Å². The molecule has 0 atom stereocenters. The van der Waals surface area contributed by atoms with Gasteiger partial charge >= 0.3 is 12.8 Å². The van der Waals surface area contributed by atoms with Gasteiger partial charge in [-0.05, 0) is 31.0 Å². The first kappa shape index (κ1) is 15.4. The van der Waals surface area contributed by atoms with Gasteiger partial charge in [-0.25, -0.2) is 0 Å². The standard InChI is InChI=1S/C12H11F5O2/c1-3-7-8(6(2)18)4-5-9(19-11(13)14)10(7)12(15,16)17/h4-5,11H,3H2,1-2H3. The maximum absolute atomic E-state index is 13.0. The summed E-state index contributed by atoms with van der Waals surface area (Å²) in [5.74, 6) is -1.53. The number of halogens is 5. The van der Waals surface area contributed by atoms with E-state index in [9.17, 15) is 26.7 Å². The summed E-state index contributed by atoms with van der Waals surface area (Å²) in [5, 5.41) is 0. The highest BCUT2D eigenvalue weighted by atomic mass is 19.4. The minimum Gasteiger partial charge on any atom is -0.434 e. The fourth-order valence-corrected chi connectivity index (χ4v) is 1.83. The smallest absolute Gasteiger partial charge is 0.420 e. The molecule has 0 saturated carbocycles. The Kier molecular flexibility index (Phi) is 4.49. The monoisotopic (exact) mass is 282 g/mol. The van der Waals surface area contributed by atoms with Crippen LogP contribution in [0.5, 0.6) is 5.75 Å². The number of ketones is 1. The molecule has 7 heteroatoms. The normalized spacial score (nSPS) is 11.8. The molecule has 0 fully saturated rings. The zero-order chi connectivity index (χ0) is 14.8. The van der Waals surface area contributed by atoms with Gasteiger partial charge in [0.05, 0.1) is 0 Å². The van der Waals surface area contributed by atoms with Crippen molar-refractivity contribution in [2.45, 2.75) is 33.1 Å². The van der Waals surface area contributed by atoms with E-state index in [2.05, 4.69) is 4.74 Å². The number of ether oxygens (including phenoxy) is 1. The fourth-order valence-electron chi connectivity index (χ4n) is 1.83. The first-order valence-electron chi connectivity index (χ1n) is 5.37.